The number of esters is 2. The molecule has 11 heteroatoms. The fraction of sp³-hybridized carbons (Fsp3) is 0.949. The number of fused-ring (bicyclic) bond motifs is 6. The van der Waals surface area contributed by atoms with Crippen molar-refractivity contribution in [3.8, 4) is 0 Å². The van der Waals surface area contributed by atoms with Gasteiger partial charge in [0.1, 0.15) is 30.0 Å². The molecule has 4 heterocycles. The normalized spacial score (nSPS) is 59.6. The summed E-state index contributed by atoms with van der Waals surface area (Å²) in [4.78, 5) is 24.6. The molecule has 11 nitrogen and oxygen atoms in total. The zero-order chi connectivity index (χ0) is 35.6. The summed E-state index contributed by atoms with van der Waals surface area (Å²) in [5.41, 5.74) is -0.622. The van der Waals surface area contributed by atoms with Crippen molar-refractivity contribution in [3.05, 3.63) is 0 Å². The number of aliphatic hydroxyl groups is 2. The Morgan fingerprint density at radius 3 is 2.22 bits per heavy atom. The van der Waals surface area contributed by atoms with Gasteiger partial charge in [-0.3, -0.25) is 9.59 Å². The van der Waals surface area contributed by atoms with E-state index in [2.05, 4.69) is 41.5 Å². The van der Waals surface area contributed by atoms with Gasteiger partial charge in [0.15, 0.2) is 18.2 Å². The van der Waals surface area contributed by atoms with Gasteiger partial charge in [-0.15, -0.1) is 0 Å². The van der Waals surface area contributed by atoms with E-state index in [1.54, 1.807) is 6.92 Å². The number of epoxide rings is 1. The van der Waals surface area contributed by atoms with Crippen molar-refractivity contribution in [2.45, 2.75) is 167 Å². The molecule has 9 fully saturated rings. The Labute approximate surface area is 295 Å². The maximum Gasteiger partial charge on any atom is 0.303 e. The summed E-state index contributed by atoms with van der Waals surface area (Å²) in [5.74, 6) is -0.0196. The summed E-state index contributed by atoms with van der Waals surface area (Å²) in [6.07, 6.45) is 2.84. The van der Waals surface area contributed by atoms with Crippen molar-refractivity contribution < 1.29 is 53.0 Å². The van der Waals surface area contributed by atoms with E-state index >= 15 is 0 Å². The third-order valence-corrected chi connectivity index (χ3v) is 16.9. The highest BCUT2D eigenvalue weighted by Gasteiger charge is 2.86. The highest BCUT2D eigenvalue weighted by atomic mass is 16.8. The number of carbonyl (C=O) groups excluding carboxylic acids is 2. The molecule has 18 atom stereocenters. The Morgan fingerprint density at radius 1 is 0.840 bits per heavy atom. The summed E-state index contributed by atoms with van der Waals surface area (Å²) < 4.78 is 43.9. The molecule has 2 N–H and O–H groups in total. The molecule has 0 aromatic rings. The van der Waals surface area contributed by atoms with E-state index in [1.807, 2.05) is 0 Å². The molecule has 280 valence electrons. The maximum absolute atomic E-state index is 12.9. The number of ether oxygens (including phenoxy) is 7. The zero-order valence-corrected chi connectivity index (χ0v) is 31.1. The maximum atomic E-state index is 12.9. The molecule has 0 aromatic heterocycles. The second-order valence-corrected chi connectivity index (χ2v) is 19.5. The Hall–Kier alpha value is -1.34. The number of hydrogen-bond donors (Lipinski definition) is 2. The van der Waals surface area contributed by atoms with Crippen LogP contribution in [0.15, 0.2) is 0 Å². The van der Waals surface area contributed by atoms with E-state index in [4.69, 9.17) is 33.2 Å². The smallest absolute Gasteiger partial charge is 0.303 e. The van der Waals surface area contributed by atoms with Crippen molar-refractivity contribution in [1.29, 1.82) is 0 Å². The van der Waals surface area contributed by atoms with Crippen LogP contribution in [-0.2, 0) is 42.7 Å². The minimum Gasteiger partial charge on any atom is -0.462 e. The van der Waals surface area contributed by atoms with Crippen molar-refractivity contribution in [3.63, 3.8) is 0 Å². The van der Waals surface area contributed by atoms with Crippen LogP contribution in [0.3, 0.4) is 0 Å². The third-order valence-electron chi connectivity index (χ3n) is 16.9. The second-order valence-electron chi connectivity index (χ2n) is 19.5. The first kappa shape index (κ1) is 34.4. The number of rotatable bonds is 4. The van der Waals surface area contributed by atoms with Crippen molar-refractivity contribution in [2.75, 3.05) is 13.2 Å². The fourth-order valence-electron chi connectivity index (χ4n) is 14.9. The molecule has 0 radical (unpaired) electrons. The average Bonchev–Trinajstić information content (AvgIpc) is 3.84. The van der Waals surface area contributed by atoms with Crippen LogP contribution >= 0.6 is 0 Å². The van der Waals surface area contributed by atoms with Gasteiger partial charge in [0, 0.05) is 25.7 Å². The Kier molecular flexibility index (Phi) is 7.19. The van der Waals surface area contributed by atoms with Crippen LogP contribution in [0.25, 0.3) is 0 Å². The van der Waals surface area contributed by atoms with E-state index in [-0.39, 0.29) is 75.6 Å². The lowest BCUT2D eigenvalue weighted by Crippen LogP contribution is -2.64. The molecule has 4 saturated heterocycles. The van der Waals surface area contributed by atoms with Crippen molar-refractivity contribution >= 4 is 11.9 Å². The Bertz CT molecular complexity index is 1470. The molecule has 9 rings (SSSR count). The standard InChI is InChI=1S/C39H58O11/c1-19-13-39(32-35(7,50-32)18-45-39)49-23-14-34(6)25-10-9-24-33(4,5)26(48-31-29(43)30(47-21(3)41)22(42)16-44-31)11-12-37(24)17-38(25,37)15-27(46-20(2)40)36(34,8)28(19)23/h19,22-32,42-43H,9-18H2,1-8H3/t19-,22-,23+,24+,25+,26+,27-,28+,29-,30+,31+,32+,34+,35+,36-,37-,38+,39-/m1/s1. The fourth-order valence-corrected chi connectivity index (χ4v) is 14.9. The molecule has 3 spiro atoms. The van der Waals surface area contributed by atoms with Gasteiger partial charge in [-0.2, -0.15) is 0 Å². The molecule has 0 unspecified atom stereocenters. The van der Waals surface area contributed by atoms with Crippen molar-refractivity contribution in [2.24, 2.45) is 50.7 Å². The highest BCUT2D eigenvalue weighted by Crippen LogP contribution is 2.89. The predicted octanol–water partition coefficient (Wildman–Crippen LogP) is 4.28. The first-order chi connectivity index (χ1) is 23.4. The molecule has 4 aliphatic heterocycles. The summed E-state index contributed by atoms with van der Waals surface area (Å²) in [6, 6.07) is 0. The van der Waals surface area contributed by atoms with Crippen LogP contribution < -0.4 is 0 Å². The van der Waals surface area contributed by atoms with Gasteiger partial charge >= 0.3 is 11.9 Å². The minimum absolute atomic E-state index is 0.0118. The Morgan fingerprint density at radius 2 is 1.56 bits per heavy atom. The molecular formula is C39H58O11. The van der Waals surface area contributed by atoms with Gasteiger partial charge in [0.05, 0.1) is 25.4 Å². The Balaban J connectivity index is 1.01. The molecule has 5 saturated carbocycles. The largest absolute Gasteiger partial charge is 0.462 e. The van der Waals surface area contributed by atoms with E-state index in [9.17, 15) is 19.8 Å². The lowest BCUT2D eigenvalue weighted by Gasteiger charge is -2.65. The van der Waals surface area contributed by atoms with Crippen LogP contribution in [0.2, 0.25) is 0 Å². The third kappa shape index (κ3) is 4.17. The highest BCUT2D eigenvalue weighted by molar-refractivity contribution is 5.66. The van der Waals surface area contributed by atoms with Gasteiger partial charge in [0.25, 0.3) is 0 Å². The summed E-state index contributed by atoms with van der Waals surface area (Å²) in [5, 5.41) is 21.5. The zero-order valence-electron chi connectivity index (χ0n) is 31.1. The summed E-state index contributed by atoms with van der Waals surface area (Å²) in [7, 11) is 0. The van der Waals surface area contributed by atoms with Crippen LogP contribution in [0, 0.1) is 50.7 Å². The van der Waals surface area contributed by atoms with Crippen LogP contribution in [0.4, 0.5) is 0 Å². The average molecular weight is 703 g/mol. The van der Waals surface area contributed by atoms with Gasteiger partial charge < -0.3 is 43.4 Å². The van der Waals surface area contributed by atoms with Crippen LogP contribution in [0.5, 0.6) is 0 Å². The van der Waals surface area contributed by atoms with Gasteiger partial charge in [-0.25, -0.2) is 0 Å². The van der Waals surface area contributed by atoms with Gasteiger partial charge in [0.2, 0.25) is 0 Å². The molecular weight excluding hydrogens is 644 g/mol. The first-order valence-electron chi connectivity index (χ1n) is 19.3. The second kappa shape index (κ2) is 10.4. The number of hydrogen-bond acceptors (Lipinski definition) is 11. The van der Waals surface area contributed by atoms with Gasteiger partial charge in [-0.1, -0.05) is 34.6 Å². The first-order valence-corrected chi connectivity index (χ1v) is 19.3. The van der Waals surface area contributed by atoms with Gasteiger partial charge in [-0.05, 0) is 97.2 Å². The minimum atomic E-state index is -1.29. The predicted molar refractivity (Wildman–Crippen MR) is 176 cm³/mol. The van der Waals surface area contributed by atoms with E-state index in [1.165, 1.54) is 6.92 Å². The number of carbonyl (C=O) groups is 2. The monoisotopic (exact) mass is 702 g/mol. The van der Waals surface area contributed by atoms with E-state index < -0.39 is 36.4 Å². The summed E-state index contributed by atoms with van der Waals surface area (Å²) in [6.45, 7) is 17.3. The van der Waals surface area contributed by atoms with Crippen LogP contribution in [-0.4, -0.2) is 95.8 Å². The molecule has 0 amide bonds. The molecule has 0 bridgehead atoms. The van der Waals surface area contributed by atoms with E-state index in [0.29, 0.717) is 24.4 Å². The van der Waals surface area contributed by atoms with E-state index in [0.717, 1.165) is 51.4 Å². The molecule has 9 aliphatic rings. The molecule has 5 aliphatic carbocycles. The van der Waals surface area contributed by atoms with Crippen LogP contribution in [0.1, 0.15) is 107 Å². The number of aliphatic hydroxyl groups excluding tert-OH is 2. The molecule has 50 heavy (non-hydrogen) atoms. The topological polar surface area (TPSA) is 143 Å². The summed E-state index contributed by atoms with van der Waals surface area (Å²) >= 11 is 0. The quantitative estimate of drug-likeness (QED) is 0.246. The van der Waals surface area contributed by atoms with Crippen molar-refractivity contribution in [1.82, 2.24) is 0 Å². The molecule has 0 aromatic carbocycles. The lowest BCUT2D eigenvalue weighted by molar-refractivity contribution is -0.309. The lowest BCUT2D eigenvalue weighted by atomic mass is 9.41. The SMILES string of the molecule is CC(=O)O[C@@H]1[C@@H](O)[C@H](O[C@H]2CC[C@]34C[C@]35C[C@@H](OC(C)=O)[C@]3(C)[C@H]6[C@H](C)C[C@@]7(OC[C@]8(C)O[C@H]78)O[C@H]6C[C@@]3(C)[C@@H]5CC[C@H]4C2(C)C)OC[C@H]1O.